The maximum Gasteiger partial charge on any atom is 0.0972 e. The second kappa shape index (κ2) is 3.13. The first-order valence-electron chi connectivity index (χ1n) is 3.28. The van der Waals surface area contributed by atoms with Crippen LogP contribution in [0.5, 0.6) is 0 Å². The summed E-state index contributed by atoms with van der Waals surface area (Å²) >= 11 is 0. The molecule has 54 valence electrons. The van der Waals surface area contributed by atoms with Crippen LogP contribution in [-0.4, -0.2) is 11.1 Å². The van der Waals surface area contributed by atoms with Crippen LogP contribution in [-0.2, 0) is 0 Å². The summed E-state index contributed by atoms with van der Waals surface area (Å²) in [4.78, 5) is 2.63. The Morgan fingerprint density at radius 1 is 1.80 bits per heavy atom. The molecule has 0 heterocycles. The van der Waals surface area contributed by atoms with Gasteiger partial charge in [0.2, 0.25) is 0 Å². The van der Waals surface area contributed by atoms with Crippen LogP contribution in [0.4, 0.5) is 0 Å². The molecule has 0 radical (unpaired) electrons. The minimum atomic E-state index is -0.307. The van der Waals surface area contributed by atoms with E-state index in [-0.39, 0.29) is 11.8 Å². The van der Waals surface area contributed by atoms with Gasteiger partial charge < -0.3 is 5.11 Å². The molecule has 0 amide bonds. The number of aliphatic hydroxyl groups excluding tert-OH is 1. The van der Waals surface area contributed by atoms with E-state index in [2.05, 4.69) is 10.0 Å². The van der Waals surface area contributed by atoms with Crippen LogP contribution < -0.4 is 0 Å². The fourth-order valence-electron chi connectivity index (χ4n) is 1.02. The zero-order valence-corrected chi connectivity index (χ0v) is 5.56. The van der Waals surface area contributed by atoms with Crippen molar-refractivity contribution in [3.05, 3.63) is 22.3 Å². The van der Waals surface area contributed by atoms with Crippen molar-refractivity contribution in [3.8, 4) is 0 Å². The smallest absolute Gasteiger partial charge is 0.0972 e. The number of nitrogens with zero attached hydrogens (tertiary/aromatic N) is 3. The van der Waals surface area contributed by atoms with E-state index in [4.69, 9.17) is 10.6 Å². The molecular formula is C6H9N3O. The Morgan fingerprint density at radius 2 is 2.60 bits per heavy atom. The van der Waals surface area contributed by atoms with E-state index >= 15 is 0 Å². The van der Waals surface area contributed by atoms with Gasteiger partial charge in [-0.1, -0.05) is 5.11 Å². The molecule has 0 saturated carbocycles. The number of aliphatic hydroxyl groups is 1. The number of hydrogen-bond acceptors (Lipinski definition) is 2. The maximum atomic E-state index is 9.10. The van der Waals surface area contributed by atoms with Crippen LogP contribution in [0, 0.1) is 0 Å². The molecule has 1 aliphatic rings. The minimum Gasteiger partial charge on any atom is -0.512 e. The number of hydrogen-bond donors (Lipinski definition) is 1. The molecule has 1 aliphatic carbocycles. The normalized spacial score (nSPS) is 24.8. The molecule has 1 N–H and O–H groups in total. The molecule has 0 bridgehead atoms. The van der Waals surface area contributed by atoms with Gasteiger partial charge in [-0.2, -0.15) is 0 Å². The molecule has 0 saturated heterocycles. The van der Waals surface area contributed by atoms with E-state index in [9.17, 15) is 0 Å². The summed E-state index contributed by atoms with van der Waals surface area (Å²) < 4.78 is 0. The molecule has 0 aliphatic heterocycles. The first-order chi connectivity index (χ1) is 4.84. The Labute approximate surface area is 58.8 Å². The minimum absolute atomic E-state index is 0.226. The standard InChI is InChI=1S/C6H9N3O/c7-9-8-5-3-1-2-4-6(5)10/h4-5,10H,1-3H2. The van der Waals surface area contributed by atoms with Crippen LogP contribution in [0.25, 0.3) is 10.4 Å². The molecule has 1 atom stereocenters. The highest BCUT2D eigenvalue weighted by atomic mass is 16.3. The van der Waals surface area contributed by atoms with Crippen LogP contribution in [0.2, 0.25) is 0 Å². The van der Waals surface area contributed by atoms with Crippen LogP contribution in [0.1, 0.15) is 19.3 Å². The van der Waals surface area contributed by atoms with Crippen LogP contribution in [0.3, 0.4) is 0 Å². The van der Waals surface area contributed by atoms with Crippen molar-refractivity contribution >= 4 is 0 Å². The molecule has 1 rings (SSSR count). The average molecular weight is 139 g/mol. The summed E-state index contributed by atoms with van der Waals surface area (Å²) in [6, 6.07) is -0.307. The molecule has 0 aromatic carbocycles. The number of azide groups is 1. The van der Waals surface area contributed by atoms with Gasteiger partial charge in [-0.15, -0.1) is 0 Å². The summed E-state index contributed by atoms with van der Waals surface area (Å²) in [7, 11) is 0. The van der Waals surface area contributed by atoms with E-state index < -0.39 is 0 Å². The second-order valence-corrected chi connectivity index (χ2v) is 2.28. The van der Waals surface area contributed by atoms with Gasteiger partial charge in [-0.05, 0) is 30.9 Å². The monoisotopic (exact) mass is 139 g/mol. The molecule has 10 heavy (non-hydrogen) atoms. The van der Waals surface area contributed by atoms with Crippen molar-refractivity contribution < 1.29 is 5.11 Å². The average Bonchev–Trinajstić information content (AvgIpc) is 1.94. The third-order valence-electron chi connectivity index (χ3n) is 1.57. The summed E-state index contributed by atoms with van der Waals surface area (Å²) in [6.45, 7) is 0. The van der Waals surface area contributed by atoms with E-state index in [1.807, 2.05) is 0 Å². The highest BCUT2D eigenvalue weighted by Gasteiger charge is 2.13. The number of rotatable bonds is 1. The molecule has 0 aromatic rings. The third-order valence-corrected chi connectivity index (χ3v) is 1.57. The van der Waals surface area contributed by atoms with Crippen LogP contribution in [0.15, 0.2) is 16.9 Å². The Bertz CT molecular complexity index is 193. The molecule has 4 nitrogen and oxygen atoms in total. The van der Waals surface area contributed by atoms with Crippen molar-refractivity contribution in [1.82, 2.24) is 0 Å². The Morgan fingerprint density at radius 3 is 3.20 bits per heavy atom. The topological polar surface area (TPSA) is 69.0 Å². The highest BCUT2D eigenvalue weighted by Crippen LogP contribution is 2.18. The van der Waals surface area contributed by atoms with E-state index in [1.54, 1.807) is 6.08 Å². The Hall–Kier alpha value is -1.15. The molecule has 0 aromatic heterocycles. The van der Waals surface area contributed by atoms with Crippen molar-refractivity contribution in [2.45, 2.75) is 25.3 Å². The third kappa shape index (κ3) is 1.42. The lowest BCUT2D eigenvalue weighted by atomic mass is 10.0. The second-order valence-electron chi connectivity index (χ2n) is 2.28. The predicted molar refractivity (Wildman–Crippen MR) is 37.5 cm³/mol. The molecular weight excluding hydrogens is 130 g/mol. The fourth-order valence-corrected chi connectivity index (χ4v) is 1.02. The van der Waals surface area contributed by atoms with Gasteiger partial charge in [0.1, 0.15) is 0 Å². The van der Waals surface area contributed by atoms with Gasteiger partial charge in [0.05, 0.1) is 11.8 Å². The maximum absolute atomic E-state index is 9.10. The highest BCUT2D eigenvalue weighted by molar-refractivity contribution is 5.05. The van der Waals surface area contributed by atoms with E-state index in [0.717, 1.165) is 19.3 Å². The van der Waals surface area contributed by atoms with Crippen molar-refractivity contribution in [3.63, 3.8) is 0 Å². The van der Waals surface area contributed by atoms with Gasteiger partial charge in [0, 0.05) is 4.91 Å². The van der Waals surface area contributed by atoms with Gasteiger partial charge in [0.15, 0.2) is 0 Å². The number of allylic oxidation sites excluding steroid dienone is 1. The van der Waals surface area contributed by atoms with Crippen molar-refractivity contribution in [2.24, 2.45) is 5.11 Å². The van der Waals surface area contributed by atoms with Gasteiger partial charge in [-0.25, -0.2) is 0 Å². The van der Waals surface area contributed by atoms with Gasteiger partial charge in [-0.3, -0.25) is 0 Å². The zero-order chi connectivity index (χ0) is 7.40. The SMILES string of the molecule is [N-]=[N+]=NC1CCCC=C1O. The Kier molecular flexibility index (Phi) is 2.18. The summed E-state index contributed by atoms with van der Waals surface area (Å²) in [5, 5.41) is 12.5. The Balaban J connectivity index is 2.66. The van der Waals surface area contributed by atoms with Crippen LogP contribution >= 0.6 is 0 Å². The van der Waals surface area contributed by atoms with E-state index in [1.165, 1.54) is 0 Å². The quantitative estimate of drug-likeness (QED) is 0.338. The first kappa shape index (κ1) is 6.96. The lowest BCUT2D eigenvalue weighted by Gasteiger charge is -2.13. The summed E-state index contributed by atoms with van der Waals surface area (Å²) in [5.41, 5.74) is 8.06. The summed E-state index contributed by atoms with van der Waals surface area (Å²) in [6.07, 6.45) is 4.37. The molecule has 1 unspecified atom stereocenters. The first-order valence-corrected chi connectivity index (χ1v) is 3.28. The van der Waals surface area contributed by atoms with Gasteiger partial charge in [0.25, 0.3) is 0 Å². The largest absolute Gasteiger partial charge is 0.512 e. The fraction of sp³-hybridized carbons (Fsp3) is 0.667. The predicted octanol–water partition coefficient (Wildman–Crippen LogP) is 2.29. The zero-order valence-electron chi connectivity index (χ0n) is 5.56. The molecule has 0 spiro atoms. The van der Waals surface area contributed by atoms with E-state index in [0.29, 0.717) is 0 Å². The summed E-state index contributed by atoms with van der Waals surface area (Å²) in [5.74, 6) is 0.226. The molecule has 0 fully saturated rings. The van der Waals surface area contributed by atoms with Crippen molar-refractivity contribution in [1.29, 1.82) is 0 Å². The van der Waals surface area contributed by atoms with Crippen molar-refractivity contribution in [2.75, 3.05) is 0 Å². The lowest BCUT2D eigenvalue weighted by Crippen LogP contribution is -2.10. The molecule has 4 heteroatoms. The van der Waals surface area contributed by atoms with Gasteiger partial charge >= 0.3 is 0 Å². The lowest BCUT2D eigenvalue weighted by molar-refractivity contribution is 0.342.